The van der Waals surface area contributed by atoms with Crippen molar-refractivity contribution in [2.75, 3.05) is 43.4 Å². The highest BCUT2D eigenvalue weighted by Crippen LogP contribution is 2.23. The number of halogens is 1. The Balaban J connectivity index is 1.33. The smallest absolute Gasteiger partial charge is 0.239 e. The standard InChI is InChI=1S/C28H33FN6O2/c1-20(36)30-13-14-31-25-18-26(34-28(33-25)23-5-3-2-4-6-23)32-27(37)19-35-15-11-22(12-16-35)17-21-7-9-24(29)10-8-21/h2-10,18,22H,11-17,19H2,1H3,(H,30,36)(H2,31,32,33,34,37). The van der Waals surface area contributed by atoms with E-state index in [-0.39, 0.29) is 17.6 Å². The van der Waals surface area contributed by atoms with E-state index in [4.69, 9.17) is 0 Å². The van der Waals surface area contributed by atoms with Gasteiger partial charge in [0.05, 0.1) is 6.54 Å². The summed E-state index contributed by atoms with van der Waals surface area (Å²) >= 11 is 0. The van der Waals surface area contributed by atoms with Crippen LogP contribution in [0.3, 0.4) is 0 Å². The Bertz CT molecular complexity index is 1180. The zero-order chi connectivity index (χ0) is 26.0. The molecule has 8 nitrogen and oxygen atoms in total. The molecule has 2 aromatic carbocycles. The van der Waals surface area contributed by atoms with Crippen LogP contribution in [-0.2, 0) is 16.0 Å². The lowest BCUT2D eigenvalue weighted by Gasteiger charge is -2.31. The van der Waals surface area contributed by atoms with Crippen molar-refractivity contribution in [3.8, 4) is 11.4 Å². The minimum atomic E-state index is -0.211. The number of piperidine rings is 1. The highest BCUT2D eigenvalue weighted by molar-refractivity contribution is 5.92. The van der Waals surface area contributed by atoms with Crippen LogP contribution in [0.4, 0.5) is 16.0 Å². The molecule has 4 rings (SSSR count). The Labute approximate surface area is 216 Å². The van der Waals surface area contributed by atoms with Crippen molar-refractivity contribution < 1.29 is 14.0 Å². The summed E-state index contributed by atoms with van der Waals surface area (Å²) in [7, 11) is 0. The lowest BCUT2D eigenvalue weighted by atomic mass is 9.90. The molecule has 1 aromatic heterocycles. The first kappa shape index (κ1) is 26.2. The topological polar surface area (TPSA) is 99.2 Å². The van der Waals surface area contributed by atoms with Gasteiger partial charge in [-0.05, 0) is 56.0 Å². The summed E-state index contributed by atoms with van der Waals surface area (Å²) < 4.78 is 13.2. The van der Waals surface area contributed by atoms with E-state index in [9.17, 15) is 14.0 Å². The zero-order valence-corrected chi connectivity index (χ0v) is 21.0. The van der Waals surface area contributed by atoms with Crippen LogP contribution in [0.5, 0.6) is 0 Å². The third-order valence-corrected chi connectivity index (χ3v) is 6.34. The number of benzene rings is 2. The van der Waals surface area contributed by atoms with Crippen molar-refractivity contribution in [3.63, 3.8) is 0 Å². The van der Waals surface area contributed by atoms with Gasteiger partial charge in [-0.1, -0.05) is 42.5 Å². The van der Waals surface area contributed by atoms with Crippen molar-refractivity contribution in [2.24, 2.45) is 5.92 Å². The van der Waals surface area contributed by atoms with E-state index in [1.807, 2.05) is 42.5 Å². The molecule has 0 aliphatic carbocycles. The van der Waals surface area contributed by atoms with Gasteiger partial charge in [0, 0.05) is 31.6 Å². The van der Waals surface area contributed by atoms with Gasteiger partial charge in [0.1, 0.15) is 17.5 Å². The molecule has 1 aliphatic rings. The first-order valence-corrected chi connectivity index (χ1v) is 12.6. The molecule has 0 atom stereocenters. The second kappa shape index (κ2) is 12.9. The minimum absolute atomic E-state index is 0.0955. The number of hydrogen-bond donors (Lipinski definition) is 3. The Hall–Kier alpha value is -3.85. The van der Waals surface area contributed by atoms with Crippen molar-refractivity contribution in [3.05, 3.63) is 72.0 Å². The molecule has 0 bridgehead atoms. The maximum atomic E-state index is 13.2. The largest absolute Gasteiger partial charge is 0.368 e. The monoisotopic (exact) mass is 504 g/mol. The lowest BCUT2D eigenvalue weighted by Crippen LogP contribution is -2.39. The van der Waals surface area contributed by atoms with Gasteiger partial charge in [0.25, 0.3) is 0 Å². The van der Waals surface area contributed by atoms with Gasteiger partial charge < -0.3 is 16.0 Å². The number of amides is 2. The maximum absolute atomic E-state index is 13.2. The summed E-state index contributed by atoms with van der Waals surface area (Å²) in [5.41, 5.74) is 1.99. The summed E-state index contributed by atoms with van der Waals surface area (Å²) in [6.45, 7) is 4.39. The number of anilines is 2. The molecule has 0 radical (unpaired) electrons. The summed E-state index contributed by atoms with van der Waals surface area (Å²) in [4.78, 5) is 35.3. The van der Waals surface area contributed by atoms with Crippen molar-refractivity contribution in [1.82, 2.24) is 20.2 Å². The minimum Gasteiger partial charge on any atom is -0.368 e. The lowest BCUT2D eigenvalue weighted by molar-refractivity contribution is -0.119. The molecule has 1 aliphatic heterocycles. The van der Waals surface area contributed by atoms with Crippen LogP contribution >= 0.6 is 0 Å². The van der Waals surface area contributed by atoms with Crippen LogP contribution in [-0.4, -0.2) is 59.4 Å². The molecule has 0 unspecified atom stereocenters. The fourth-order valence-electron chi connectivity index (χ4n) is 4.44. The van der Waals surface area contributed by atoms with Gasteiger partial charge in [-0.3, -0.25) is 14.5 Å². The molecule has 194 valence electrons. The predicted octanol–water partition coefficient (Wildman–Crippen LogP) is 3.72. The van der Waals surface area contributed by atoms with Crippen LogP contribution in [0.25, 0.3) is 11.4 Å². The molecule has 37 heavy (non-hydrogen) atoms. The maximum Gasteiger partial charge on any atom is 0.239 e. The van der Waals surface area contributed by atoms with E-state index in [1.54, 1.807) is 6.07 Å². The van der Waals surface area contributed by atoms with Crippen molar-refractivity contribution >= 4 is 23.5 Å². The fraction of sp³-hybridized carbons (Fsp3) is 0.357. The summed E-state index contributed by atoms with van der Waals surface area (Å²) in [5, 5.41) is 8.85. The highest BCUT2D eigenvalue weighted by atomic mass is 19.1. The predicted molar refractivity (Wildman–Crippen MR) is 143 cm³/mol. The van der Waals surface area contributed by atoms with E-state index < -0.39 is 0 Å². The van der Waals surface area contributed by atoms with Crippen LogP contribution in [0, 0.1) is 11.7 Å². The molecular weight excluding hydrogens is 471 g/mol. The first-order valence-electron chi connectivity index (χ1n) is 12.6. The van der Waals surface area contributed by atoms with Gasteiger partial charge in [0.2, 0.25) is 11.8 Å². The molecular formula is C28H33FN6O2. The third kappa shape index (κ3) is 8.35. The van der Waals surface area contributed by atoms with Gasteiger partial charge in [0.15, 0.2) is 5.82 Å². The van der Waals surface area contributed by atoms with Crippen LogP contribution in [0.1, 0.15) is 25.3 Å². The van der Waals surface area contributed by atoms with E-state index in [0.29, 0.717) is 43.0 Å². The average Bonchev–Trinajstić information content (AvgIpc) is 2.89. The SMILES string of the molecule is CC(=O)NCCNc1cc(NC(=O)CN2CCC(Cc3ccc(F)cc3)CC2)nc(-c2ccccc2)n1. The summed E-state index contributed by atoms with van der Waals surface area (Å²) in [6, 6.07) is 18.0. The Morgan fingerprint density at radius 3 is 2.38 bits per heavy atom. The number of carbonyl (C=O) groups is 2. The summed E-state index contributed by atoms with van der Waals surface area (Å²) in [5.74, 6) is 1.59. The van der Waals surface area contributed by atoms with Crippen molar-refractivity contribution in [2.45, 2.75) is 26.2 Å². The Kier molecular flexibility index (Phi) is 9.15. The molecule has 3 N–H and O–H groups in total. The number of hydrogen-bond acceptors (Lipinski definition) is 6. The number of rotatable bonds is 10. The van der Waals surface area contributed by atoms with E-state index in [1.165, 1.54) is 19.1 Å². The zero-order valence-electron chi connectivity index (χ0n) is 21.0. The number of carbonyl (C=O) groups excluding carboxylic acids is 2. The van der Waals surface area contributed by atoms with Gasteiger partial charge >= 0.3 is 0 Å². The van der Waals surface area contributed by atoms with Crippen LogP contribution in [0.2, 0.25) is 0 Å². The number of aromatic nitrogens is 2. The van der Waals surface area contributed by atoms with E-state index in [2.05, 4.69) is 30.8 Å². The molecule has 2 amide bonds. The highest BCUT2D eigenvalue weighted by Gasteiger charge is 2.21. The molecule has 1 saturated heterocycles. The average molecular weight is 505 g/mol. The van der Waals surface area contributed by atoms with E-state index in [0.717, 1.165) is 43.5 Å². The normalized spacial score (nSPS) is 14.2. The Morgan fingerprint density at radius 1 is 0.973 bits per heavy atom. The van der Waals surface area contributed by atoms with Gasteiger partial charge in [-0.15, -0.1) is 0 Å². The number of nitrogens with one attached hydrogen (secondary N) is 3. The molecule has 1 fully saturated rings. The first-order chi connectivity index (χ1) is 17.9. The Morgan fingerprint density at radius 2 is 1.68 bits per heavy atom. The van der Waals surface area contributed by atoms with E-state index >= 15 is 0 Å². The molecule has 3 aromatic rings. The van der Waals surface area contributed by atoms with Gasteiger partial charge in [-0.25, -0.2) is 14.4 Å². The number of likely N-dealkylation sites (tertiary alicyclic amines) is 1. The quantitative estimate of drug-likeness (QED) is 0.364. The molecule has 9 heteroatoms. The fourth-order valence-corrected chi connectivity index (χ4v) is 4.44. The molecule has 0 saturated carbocycles. The van der Waals surface area contributed by atoms with Crippen LogP contribution < -0.4 is 16.0 Å². The van der Waals surface area contributed by atoms with Gasteiger partial charge in [-0.2, -0.15) is 0 Å². The molecule has 0 spiro atoms. The second-order valence-electron chi connectivity index (χ2n) is 9.34. The number of nitrogens with zero attached hydrogens (tertiary/aromatic N) is 3. The molecule has 2 heterocycles. The third-order valence-electron chi connectivity index (χ3n) is 6.34. The van der Waals surface area contributed by atoms with Crippen molar-refractivity contribution in [1.29, 1.82) is 0 Å². The second-order valence-corrected chi connectivity index (χ2v) is 9.34. The summed E-state index contributed by atoms with van der Waals surface area (Å²) in [6.07, 6.45) is 2.93. The van der Waals surface area contributed by atoms with Crippen LogP contribution in [0.15, 0.2) is 60.7 Å².